The van der Waals surface area contributed by atoms with Crippen LogP contribution in [0.4, 0.5) is 0 Å². The normalized spacial score (nSPS) is 51.0. The molecule has 1 saturated carbocycles. The molecule has 1 N–H and O–H groups in total. The molecule has 0 aromatic rings. The van der Waals surface area contributed by atoms with E-state index in [-0.39, 0.29) is 17.3 Å². The van der Waals surface area contributed by atoms with E-state index in [9.17, 15) is 5.11 Å². The van der Waals surface area contributed by atoms with Gasteiger partial charge in [0.1, 0.15) is 0 Å². The van der Waals surface area contributed by atoms with Crippen molar-refractivity contribution >= 4 is 0 Å². The molecule has 2 nitrogen and oxygen atoms in total. The molecule has 2 aliphatic heterocycles. The van der Waals surface area contributed by atoms with E-state index >= 15 is 0 Å². The highest BCUT2D eigenvalue weighted by Gasteiger charge is 2.53. The van der Waals surface area contributed by atoms with Gasteiger partial charge in [-0.3, -0.25) is 0 Å². The van der Waals surface area contributed by atoms with Gasteiger partial charge < -0.3 is 9.84 Å². The summed E-state index contributed by atoms with van der Waals surface area (Å²) in [6.45, 7) is 6.32. The zero-order valence-electron chi connectivity index (χ0n) is 8.13. The van der Waals surface area contributed by atoms with Crippen LogP contribution in [0.3, 0.4) is 0 Å². The highest BCUT2D eigenvalue weighted by molar-refractivity contribution is 5.02. The first-order valence-electron chi connectivity index (χ1n) is 4.82. The fourth-order valence-corrected chi connectivity index (χ4v) is 2.70. The van der Waals surface area contributed by atoms with Crippen LogP contribution in [-0.4, -0.2) is 22.4 Å². The SMILES string of the molecule is CC1(C)O[C@@]2(C)CC[C@@H]1C[C@@H]2O. The van der Waals surface area contributed by atoms with Crippen LogP contribution in [-0.2, 0) is 4.74 Å². The molecule has 0 aromatic heterocycles. The summed E-state index contributed by atoms with van der Waals surface area (Å²) in [5, 5.41) is 9.77. The maximum absolute atomic E-state index is 9.77. The number of aliphatic hydroxyl groups is 1. The summed E-state index contributed by atoms with van der Waals surface area (Å²) in [7, 11) is 0. The van der Waals surface area contributed by atoms with Crippen LogP contribution >= 0.6 is 0 Å². The Morgan fingerprint density at radius 3 is 2.33 bits per heavy atom. The smallest absolute Gasteiger partial charge is 0.0919 e. The van der Waals surface area contributed by atoms with Gasteiger partial charge in [-0.25, -0.2) is 0 Å². The lowest BCUT2D eigenvalue weighted by molar-refractivity contribution is -0.273. The molecule has 1 aliphatic carbocycles. The van der Waals surface area contributed by atoms with E-state index in [2.05, 4.69) is 13.8 Å². The molecule has 0 unspecified atom stereocenters. The van der Waals surface area contributed by atoms with Crippen molar-refractivity contribution in [3.8, 4) is 0 Å². The molecule has 0 radical (unpaired) electrons. The molecule has 70 valence electrons. The van der Waals surface area contributed by atoms with Crippen molar-refractivity contribution in [2.45, 2.75) is 57.3 Å². The summed E-state index contributed by atoms with van der Waals surface area (Å²) in [5.74, 6) is 0.550. The van der Waals surface area contributed by atoms with Crippen molar-refractivity contribution in [3.63, 3.8) is 0 Å². The second-order valence-corrected chi connectivity index (χ2v) is 5.01. The Labute approximate surface area is 73.9 Å². The Balaban J connectivity index is 2.26. The maximum Gasteiger partial charge on any atom is 0.0919 e. The minimum absolute atomic E-state index is 0.0216. The first kappa shape index (κ1) is 8.52. The molecule has 3 fully saturated rings. The highest BCUT2D eigenvalue weighted by Crippen LogP contribution is 2.49. The standard InChI is InChI=1S/C10H18O2/c1-9(2)7-4-5-10(3,12-9)8(11)6-7/h7-8,11H,4-6H2,1-3H3/t7-,8+,10+/m1/s1. The Bertz CT molecular complexity index is 200. The second kappa shape index (κ2) is 2.24. The minimum Gasteiger partial charge on any atom is -0.390 e. The van der Waals surface area contributed by atoms with Crippen molar-refractivity contribution in [1.82, 2.24) is 0 Å². The summed E-state index contributed by atoms with van der Waals surface area (Å²) < 4.78 is 5.92. The third-order valence-corrected chi connectivity index (χ3v) is 3.68. The molecule has 2 bridgehead atoms. The summed E-state index contributed by atoms with van der Waals surface area (Å²) in [5.41, 5.74) is -0.287. The van der Waals surface area contributed by atoms with Gasteiger partial charge in [0.2, 0.25) is 0 Å². The first-order chi connectivity index (χ1) is 5.44. The van der Waals surface area contributed by atoms with E-state index in [1.54, 1.807) is 0 Å². The number of aliphatic hydroxyl groups excluding tert-OH is 1. The molecule has 12 heavy (non-hydrogen) atoms. The van der Waals surface area contributed by atoms with Crippen molar-refractivity contribution in [3.05, 3.63) is 0 Å². The quantitative estimate of drug-likeness (QED) is 0.599. The van der Waals surface area contributed by atoms with Gasteiger partial charge in [0, 0.05) is 0 Å². The van der Waals surface area contributed by atoms with Gasteiger partial charge in [-0.2, -0.15) is 0 Å². The van der Waals surface area contributed by atoms with Crippen LogP contribution in [0.15, 0.2) is 0 Å². The fourth-order valence-electron chi connectivity index (χ4n) is 2.70. The van der Waals surface area contributed by atoms with E-state index in [4.69, 9.17) is 4.74 Å². The first-order valence-corrected chi connectivity index (χ1v) is 4.82. The molecular weight excluding hydrogens is 152 g/mol. The van der Waals surface area contributed by atoms with Crippen molar-refractivity contribution in [2.24, 2.45) is 5.92 Å². The molecule has 2 heterocycles. The van der Waals surface area contributed by atoms with Crippen molar-refractivity contribution in [2.75, 3.05) is 0 Å². The number of rotatable bonds is 0. The Morgan fingerprint density at radius 2 is 2.00 bits per heavy atom. The molecule has 3 aliphatic rings. The third kappa shape index (κ3) is 1.01. The average Bonchev–Trinajstić information content (AvgIpc) is 1.91. The van der Waals surface area contributed by atoms with Gasteiger partial charge in [0.15, 0.2) is 0 Å². The van der Waals surface area contributed by atoms with E-state index in [1.807, 2.05) is 6.92 Å². The van der Waals surface area contributed by atoms with E-state index in [0.717, 1.165) is 12.8 Å². The molecule has 3 atom stereocenters. The Kier molecular flexibility index (Phi) is 1.59. The van der Waals surface area contributed by atoms with Crippen LogP contribution in [0, 0.1) is 5.92 Å². The van der Waals surface area contributed by atoms with E-state index < -0.39 is 0 Å². The van der Waals surface area contributed by atoms with E-state index in [0.29, 0.717) is 5.92 Å². The van der Waals surface area contributed by atoms with Gasteiger partial charge in [-0.15, -0.1) is 0 Å². The summed E-state index contributed by atoms with van der Waals surface area (Å²) >= 11 is 0. The minimum atomic E-state index is -0.266. The fraction of sp³-hybridized carbons (Fsp3) is 1.00. The zero-order chi connectivity index (χ0) is 8.98. The predicted octanol–water partition coefficient (Wildman–Crippen LogP) is 1.71. The van der Waals surface area contributed by atoms with Crippen LogP contribution in [0.1, 0.15) is 40.0 Å². The molecule has 0 aromatic carbocycles. The molecular formula is C10H18O2. The second-order valence-electron chi connectivity index (χ2n) is 5.01. The lowest BCUT2D eigenvalue weighted by Crippen LogP contribution is -2.61. The lowest BCUT2D eigenvalue weighted by Gasteiger charge is -2.56. The largest absolute Gasteiger partial charge is 0.390 e. The molecule has 0 amide bonds. The predicted molar refractivity (Wildman–Crippen MR) is 46.9 cm³/mol. The van der Waals surface area contributed by atoms with Crippen LogP contribution in [0.25, 0.3) is 0 Å². The number of hydrogen-bond donors (Lipinski definition) is 1. The monoisotopic (exact) mass is 170 g/mol. The Hall–Kier alpha value is -0.0800. The number of fused-ring (bicyclic) bond motifs is 3. The average molecular weight is 170 g/mol. The third-order valence-electron chi connectivity index (χ3n) is 3.68. The Morgan fingerprint density at radius 1 is 1.33 bits per heavy atom. The van der Waals surface area contributed by atoms with Gasteiger partial charge in [-0.05, 0) is 46.0 Å². The number of ether oxygens (including phenoxy) is 1. The van der Waals surface area contributed by atoms with Gasteiger partial charge in [-0.1, -0.05) is 0 Å². The number of hydrogen-bond acceptors (Lipinski definition) is 2. The van der Waals surface area contributed by atoms with Crippen molar-refractivity contribution < 1.29 is 9.84 Å². The maximum atomic E-state index is 9.77. The summed E-state index contributed by atoms with van der Waals surface area (Å²) in [6.07, 6.45) is 2.90. The summed E-state index contributed by atoms with van der Waals surface area (Å²) in [4.78, 5) is 0. The topological polar surface area (TPSA) is 29.5 Å². The lowest BCUT2D eigenvalue weighted by atomic mass is 9.67. The molecule has 2 heteroatoms. The highest BCUT2D eigenvalue weighted by atomic mass is 16.5. The summed E-state index contributed by atoms with van der Waals surface area (Å²) in [6, 6.07) is 0. The van der Waals surface area contributed by atoms with E-state index in [1.165, 1.54) is 6.42 Å². The van der Waals surface area contributed by atoms with Crippen molar-refractivity contribution in [1.29, 1.82) is 0 Å². The molecule has 3 rings (SSSR count). The molecule has 2 saturated heterocycles. The van der Waals surface area contributed by atoms with Gasteiger partial charge in [0.25, 0.3) is 0 Å². The zero-order valence-corrected chi connectivity index (χ0v) is 8.13. The van der Waals surface area contributed by atoms with Crippen LogP contribution in [0.5, 0.6) is 0 Å². The van der Waals surface area contributed by atoms with Crippen LogP contribution < -0.4 is 0 Å². The van der Waals surface area contributed by atoms with Gasteiger partial charge >= 0.3 is 0 Å². The molecule has 0 spiro atoms. The van der Waals surface area contributed by atoms with Gasteiger partial charge in [0.05, 0.1) is 17.3 Å². The van der Waals surface area contributed by atoms with Crippen LogP contribution in [0.2, 0.25) is 0 Å².